The fraction of sp³-hybridized carbons (Fsp3) is 0.269. The zero-order valence-electron chi connectivity index (χ0n) is 20.4. The van der Waals surface area contributed by atoms with Crippen LogP contribution in [0.5, 0.6) is 17.2 Å². The summed E-state index contributed by atoms with van der Waals surface area (Å²) in [5.41, 5.74) is 1.30. The third-order valence-corrected chi connectivity index (χ3v) is 7.63. The van der Waals surface area contributed by atoms with Gasteiger partial charge in [0.1, 0.15) is 12.3 Å². The van der Waals surface area contributed by atoms with Crippen LogP contribution in [0.4, 0.5) is 5.69 Å². The maximum atomic E-state index is 13.5. The highest BCUT2D eigenvalue weighted by Gasteiger charge is 2.27. The lowest BCUT2D eigenvalue weighted by Crippen LogP contribution is -2.41. The van der Waals surface area contributed by atoms with Crippen LogP contribution in [0.25, 0.3) is 0 Å². The van der Waals surface area contributed by atoms with Gasteiger partial charge in [-0.3, -0.25) is 9.10 Å². The fourth-order valence-corrected chi connectivity index (χ4v) is 5.18. The predicted octanol–water partition coefficient (Wildman–Crippen LogP) is 4.42. The standard InChI is InChI=1S/C26H29BrN2O6S/c1-4-35-22-10-8-21(9-11-22)29(36(31,32)23-12-6-20(27)7-13-23)18-26(30)28-16-15-19-5-14-24(33-2)25(17-19)34-3/h5-14,17H,4,15-16,18H2,1-3H3,(H,28,30). The van der Waals surface area contributed by atoms with E-state index in [1.165, 1.54) is 12.1 Å². The molecule has 10 heteroatoms. The number of hydrogen-bond donors (Lipinski definition) is 1. The summed E-state index contributed by atoms with van der Waals surface area (Å²) in [6, 6.07) is 18.4. The molecule has 36 heavy (non-hydrogen) atoms. The van der Waals surface area contributed by atoms with E-state index in [1.54, 1.807) is 56.7 Å². The molecule has 3 aromatic carbocycles. The number of anilines is 1. The number of methoxy groups -OCH3 is 2. The number of nitrogens with one attached hydrogen (secondary N) is 1. The summed E-state index contributed by atoms with van der Waals surface area (Å²) in [7, 11) is -0.879. The van der Waals surface area contributed by atoms with Gasteiger partial charge in [0.15, 0.2) is 11.5 Å². The third-order valence-electron chi connectivity index (χ3n) is 5.31. The van der Waals surface area contributed by atoms with Crippen molar-refractivity contribution in [3.05, 3.63) is 76.8 Å². The second kappa shape index (κ2) is 12.6. The van der Waals surface area contributed by atoms with E-state index in [4.69, 9.17) is 14.2 Å². The highest BCUT2D eigenvalue weighted by Crippen LogP contribution is 2.28. The number of rotatable bonds is 12. The number of hydrogen-bond acceptors (Lipinski definition) is 6. The second-order valence-electron chi connectivity index (χ2n) is 7.68. The molecule has 0 aliphatic heterocycles. The summed E-state index contributed by atoms with van der Waals surface area (Å²) < 4.78 is 44.9. The summed E-state index contributed by atoms with van der Waals surface area (Å²) in [5, 5.41) is 2.81. The number of benzene rings is 3. The number of carbonyl (C=O) groups is 1. The minimum atomic E-state index is -4.00. The first kappa shape index (κ1) is 27.3. The van der Waals surface area contributed by atoms with Gasteiger partial charge in [0.05, 0.1) is 31.4 Å². The smallest absolute Gasteiger partial charge is 0.264 e. The van der Waals surface area contributed by atoms with Crippen molar-refractivity contribution in [1.29, 1.82) is 0 Å². The van der Waals surface area contributed by atoms with Crippen LogP contribution in [-0.2, 0) is 21.2 Å². The van der Waals surface area contributed by atoms with Gasteiger partial charge >= 0.3 is 0 Å². The lowest BCUT2D eigenvalue weighted by molar-refractivity contribution is -0.119. The Morgan fingerprint density at radius 3 is 2.22 bits per heavy atom. The number of sulfonamides is 1. The number of ether oxygens (including phenoxy) is 3. The van der Waals surface area contributed by atoms with E-state index >= 15 is 0 Å². The average molecular weight is 577 g/mol. The van der Waals surface area contributed by atoms with E-state index < -0.39 is 15.9 Å². The van der Waals surface area contributed by atoms with Crippen LogP contribution < -0.4 is 23.8 Å². The molecule has 0 spiro atoms. The molecule has 0 saturated heterocycles. The average Bonchev–Trinajstić information content (AvgIpc) is 2.88. The molecule has 0 bridgehead atoms. The van der Waals surface area contributed by atoms with Crippen molar-refractivity contribution < 1.29 is 27.4 Å². The van der Waals surface area contributed by atoms with Crippen molar-refractivity contribution in [2.45, 2.75) is 18.2 Å². The van der Waals surface area contributed by atoms with Crippen LogP contribution in [-0.4, -0.2) is 48.2 Å². The Labute approximate surface area is 220 Å². The summed E-state index contributed by atoms with van der Waals surface area (Å²) in [6.45, 7) is 2.30. The van der Waals surface area contributed by atoms with Gasteiger partial charge in [-0.15, -0.1) is 0 Å². The number of amides is 1. The predicted molar refractivity (Wildman–Crippen MR) is 143 cm³/mol. The molecule has 1 amide bonds. The third kappa shape index (κ3) is 6.92. The van der Waals surface area contributed by atoms with Gasteiger partial charge < -0.3 is 19.5 Å². The second-order valence-corrected chi connectivity index (χ2v) is 10.5. The molecule has 3 rings (SSSR count). The molecule has 0 saturated carbocycles. The van der Waals surface area contributed by atoms with Crippen LogP contribution in [0, 0.1) is 0 Å². The Morgan fingerprint density at radius 1 is 0.944 bits per heavy atom. The highest BCUT2D eigenvalue weighted by atomic mass is 79.9. The molecular weight excluding hydrogens is 548 g/mol. The van der Waals surface area contributed by atoms with Crippen molar-refractivity contribution in [2.75, 3.05) is 38.2 Å². The summed E-state index contributed by atoms with van der Waals surface area (Å²) >= 11 is 3.32. The largest absolute Gasteiger partial charge is 0.494 e. The van der Waals surface area contributed by atoms with Gasteiger partial charge in [0.2, 0.25) is 5.91 Å². The number of nitrogens with zero attached hydrogens (tertiary/aromatic N) is 1. The molecule has 0 heterocycles. The maximum absolute atomic E-state index is 13.5. The van der Waals surface area contributed by atoms with Crippen LogP contribution in [0.1, 0.15) is 12.5 Å². The van der Waals surface area contributed by atoms with Crippen LogP contribution in [0.15, 0.2) is 76.1 Å². The SMILES string of the molecule is CCOc1ccc(N(CC(=O)NCCc2ccc(OC)c(OC)c2)S(=O)(=O)c2ccc(Br)cc2)cc1. The molecule has 8 nitrogen and oxygen atoms in total. The molecule has 1 N–H and O–H groups in total. The fourth-order valence-electron chi connectivity index (χ4n) is 3.49. The van der Waals surface area contributed by atoms with Gasteiger partial charge in [-0.25, -0.2) is 8.42 Å². The van der Waals surface area contributed by atoms with Gasteiger partial charge in [0, 0.05) is 11.0 Å². The Morgan fingerprint density at radius 2 is 1.61 bits per heavy atom. The molecule has 0 atom stereocenters. The number of carbonyl (C=O) groups excluding carboxylic acids is 1. The maximum Gasteiger partial charge on any atom is 0.264 e. The summed E-state index contributed by atoms with van der Waals surface area (Å²) in [4.78, 5) is 12.9. The van der Waals surface area contributed by atoms with Crippen LogP contribution in [0.3, 0.4) is 0 Å². The molecule has 192 valence electrons. The molecule has 0 radical (unpaired) electrons. The molecule has 3 aromatic rings. The van der Waals surface area contributed by atoms with E-state index in [0.29, 0.717) is 42.5 Å². The Hall–Kier alpha value is -3.24. The van der Waals surface area contributed by atoms with Crippen molar-refractivity contribution in [2.24, 2.45) is 0 Å². The lowest BCUT2D eigenvalue weighted by atomic mass is 10.1. The first-order valence-corrected chi connectivity index (χ1v) is 13.5. The van der Waals surface area contributed by atoms with Gasteiger partial charge in [-0.2, -0.15) is 0 Å². The molecule has 0 aromatic heterocycles. The molecule has 0 aliphatic carbocycles. The lowest BCUT2D eigenvalue weighted by Gasteiger charge is -2.24. The van der Waals surface area contributed by atoms with Crippen molar-refractivity contribution in [1.82, 2.24) is 5.32 Å². The van der Waals surface area contributed by atoms with Gasteiger partial charge in [-0.05, 0) is 79.6 Å². The first-order valence-electron chi connectivity index (χ1n) is 11.3. The van der Waals surface area contributed by atoms with Crippen LogP contribution >= 0.6 is 15.9 Å². The van der Waals surface area contributed by atoms with Gasteiger partial charge in [-0.1, -0.05) is 22.0 Å². The summed E-state index contributed by atoms with van der Waals surface area (Å²) in [5.74, 6) is 1.41. The monoisotopic (exact) mass is 576 g/mol. The molecule has 0 unspecified atom stereocenters. The van der Waals surface area contributed by atoms with Crippen molar-refractivity contribution in [3.63, 3.8) is 0 Å². The van der Waals surface area contributed by atoms with E-state index in [-0.39, 0.29) is 11.4 Å². The zero-order chi connectivity index (χ0) is 26.1. The van der Waals surface area contributed by atoms with E-state index in [0.717, 1.165) is 14.3 Å². The first-order chi connectivity index (χ1) is 17.3. The minimum absolute atomic E-state index is 0.0812. The van der Waals surface area contributed by atoms with E-state index in [1.807, 2.05) is 19.1 Å². The quantitative estimate of drug-likeness (QED) is 0.343. The Bertz CT molecular complexity index is 1260. The molecule has 0 fully saturated rings. The Balaban J connectivity index is 1.76. The van der Waals surface area contributed by atoms with Gasteiger partial charge in [0.25, 0.3) is 10.0 Å². The van der Waals surface area contributed by atoms with Crippen molar-refractivity contribution in [3.8, 4) is 17.2 Å². The summed E-state index contributed by atoms with van der Waals surface area (Å²) in [6.07, 6.45) is 0.536. The van der Waals surface area contributed by atoms with Crippen LogP contribution in [0.2, 0.25) is 0 Å². The van der Waals surface area contributed by atoms with E-state index in [9.17, 15) is 13.2 Å². The molecule has 0 aliphatic rings. The minimum Gasteiger partial charge on any atom is -0.494 e. The zero-order valence-corrected chi connectivity index (χ0v) is 22.8. The number of halogens is 1. The van der Waals surface area contributed by atoms with E-state index in [2.05, 4.69) is 21.2 Å². The molecular formula is C26H29BrN2O6S. The topological polar surface area (TPSA) is 94.2 Å². The normalized spacial score (nSPS) is 11.0. The highest BCUT2D eigenvalue weighted by molar-refractivity contribution is 9.10. The Kier molecular flexibility index (Phi) is 9.60. The van der Waals surface area contributed by atoms with Crippen molar-refractivity contribution >= 4 is 37.5 Å².